The monoisotopic (exact) mass is 447 g/mol. The molecule has 11 heteroatoms. The van der Waals surface area contributed by atoms with Crippen LogP contribution >= 0.6 is 0 Å². The molecule has 32 heavy (non-hydrogen) atoms. The largest absolute Gasteiger partial charge is 0.491 e. The molecule has 1 aromatic heterocycles. The maximum absolute atomic E-state index is 13.8. The third kappa shape index (κ3) is 3.80. The number of fused-ring (bicyclic) bond motifs is 3. The molecule has 3 atom stereocenters. The normalized spacial score (nSPS) is 20.8. The minimum absolute atomic E-state index is 0.00233. The molecule has 0 radical (unpaired) electrons. The molecule has 1 fully saturated rings. The number of carbonyl (C=O) groups excluding carboxylic acids is 2. The first-order chi connectivity index (χ1) is 15.3. The second-order valence-electron chi connectivity index (χ2n) is 7.66. The highest BCUT2D eigenvalue weighted by Crippen LogP contribution is 2.40. The van der Waals surface area contributed by atoms with Crippen molar-refractivity contribution < 1.29 is 27.8 Å². The summed E-state index contributed by atoms with van der Waals surface area (Å²) in [5.74, 6) is 2.53. The molecule has 170 valence electrons. The number of carbonyl (C=O) groups is 1. The van der Waals surface area contributed by atoms with E-state index in [9.17, 15) is 18.4 Å². The number of alkyl halides is 2. The predicted octanol–water partition coefficient (Wildman–Crippen LogP) is 1.80. The summed E-state index contributed by atoms with van der Waals surface area (Å²) in [4.78, 5) is 28.7. The lowest BCUT2D eigenvalue weighted by Gasteiger charge is -2.23. The fourth-order valence-electron chi connectivity index (χ4n) is 4.00. The van der Waals surface area contributed by atoms with Crippen LogP contribution in [0.15, 0.2) is 30.1 Å². The molecule has 3 heterocycles. The number of ether oxygens (including phenoxy) is 2. The van der Waals surface area contributed by atoms with Crippen LogP contribution in [0.25, 0.3) is 11.4 Å². The molecule has 1 aromatic carbocycles. The quantitative estimate of drug-likeness (QED) is 0.650. The molecule has 2 aromatic rings. The molecule has 9 nitrogen and oxygen atoms in total. The van der Waals surface area contributed by atoms with Crippen LogP contribution in [0.2, 0.25) is 0 Å². The van der Waals surface area contributed by atoms with Gasteiger partial charge in [-0.05, 0) is 19.1 Å². The van der Waals surface area contributed by atoms with Gasteiger partial charge in [0.15, 0.2) is 5.82 Å². The third-order valence-electron chi connectivity index (χ3n) is 5.66. The first kappa shape index (κ1) is 21.8. The number of methoxy groups -OCH3 is 1. The fraction of sp³-hybridized carbons (Fsp3) is 0.429. The van der Waals surface area contributed by atoms with E-state index < -0.39 is 30.5 Å². The molecule has 1 amide bonds. The van der Waals surface area contributed by atoms with Gasteiger partial charge < -0.3 is 30.0 Å². The van der Waals surface area contributed by atoms with Crippen molar-refractivity contribution in [3.05, 3.63) is 30.1 Å². The zero-order chi connectivity index (χ0) is 23.0. The number of anilines is 2. The van der Waals surface area contributed by atoms with Crippen molar-refractivity contribution >= 4 is 23.4 Å². The lowest BCUT2D eigenvalue weighted by atomic mass is 10.1. The highest BCUT2D eigenvalue weighted by Gasteiger charge is 2.44. The maximum atomic E-state index is 13.8. The number of rotatable bonds is 6. The van der Waals surface area contributed by atoms with E-state index in [1.165, 1.54) is 12.0 Å². The lowest BCUT2D eigenvalue weighted by molar-refractivity contribution is -0.118. The Labute approximate surface area is 182 Å². The number of primary amides is 1. The number of nitrogens with zero attached hydrogens (tertiary/aromatic N) is 3. The van der Waals surface area contributed by atoms with E-state index in [1.54, 1.807) is 41.8 Å². The van der Waals surface area contributed by atoms with Gasteiger partial charge in [0, 0.05) is 31.5 Å². The van der Waals surface area contributed by atoms with E-state index in [-0.39, 0.29) is 17.9 Å². The second kappa shape index (κ2) is 8.60. The van der Waals surface area contributed by atoms with Crippen molar-refractivity contribution in [2.24, 2.45) is 5.73 Å². The van der Waals surface area contributed by atoms with Crippen LogP contribution in [-0.2, 0) is 20.9 Å². The first-order valence-corrected chi connectivity index (χ1v) is 10.1. The van der Waals surface area contributed by atoms with E-state index in [0.29, 0.717) is 36.0 Å². The van der Waals surface area contributed by atoms with Crippen molar-refractivity contribution in [2.45, 2.75) is 44.5 Å². The molecule has 4 rings (SSSR count). The highest BCUT2D eigenvalue weighted by atomic mass is 19.3. The Bertz CT molecular complexity index is 1080. The Morgan fingerprint density at radius 1 is 1.44 bits per heavy atom. The average Bonchev–Trinajstić information content (AvgIpc) is 3.30. The number of nitrogens with two attached hydrogens (primary N) is 1. The van der Waals surface area contributed by atoms with Gasteiger partial charge in [0.25, 0.3) is 6.43 Å². The van der Waals surface area contributed by atoms with Crippen molar-refractivity contribution in [1.29, 1.82) is 0 Å². The first-order valence-electron chi connectivity index (χ1n) is 10.1. The molecular weight excluding hydrogens is 424 g/mol. The SMILES string of the molecule is CO[C@@H]1C[C@@H](C(F)F)N(c2cn3c(n2)-c2ccc(N[C@@H](C)C(N)=O)cc2OCC3)C1=C=O. The number of aromatic nitrogens is 2. The number of nitrogens with one attached hydrogen (secondary N) is 1. The standard InChI is InChI=1S/C21H23F2N5O4/c1-11(20(24)30)25-12-3-4-13-16(7-12)32-6-5-27-9-18(26-21(13)27)28-14(19(22)23)8-17(31-2)15(28)10-29/h3-4,7,9,11,14,17,19,25H,5-6,8H2,1-2H3,(H2,24,30)/t11-,14-,17+/m0/s1. The minimum atomic E-state index is -2.70. The van der Waals surface area contributed by atoms with Crippen LogP contribution in [0.3, 0.4) is 0 Å². The average molecular weight is 447 g/mol. The summed E-state index contributed by atoms with van der Waals surface area (Å²) in [6.45, 7) is 2.40. The zero-order valence-corrected chi connectivity index (χ0v) is 17.5. The van der Waals surface area contributed by atoms with Crippen LogP contribution in [0.1, 0.15) is 13.3 Å². The Morgan fingerprint density at radius 3 is 2.88 bits per heavy atom. The summed E-state index contributed by atoms with van der Waals surface area (Å²) >= 11 is 0. The van der Waals surface area contributed by atoms with Crippen molar-refractivity contribution in [3.63, 3.8) is 0 Å². The van der Waals surface area contributed by atoms with Gasteiger partial charge in [0.1, 0.15) is 42.0 Å². The Morgan fingerprint density at radius 2 is 2.22 bits per heavy atom. The van der Waals surface area contributed by atoms with E-state index >= 15 is 0 Å². The minimum Gasteiger partial charge on any atom is -0.491 e. The Hall–Kier alpha value is -3.43. The summed E-state index contributed by atoms with van der Waals surface area (Å²) in [5.41, 5.74) is 6.60. The van der Waals surface area contributed by atoms with Crippen LogP contribution in [-0.4, -0.2) is 59.7 Å². The Kier molecular flexibility index (Phi) is 5.86. The second-order valence-corrected chi connectivity index (χ2v) is 7.66. The molecular formula is C21H23F2N5O4. The zero-order valence-electron chi connectivity index (χ0n) is 17.5. The topological polar surface area (TPSA) is 112 Å². The van der Waals surface area contributed by atoms with Crippen molar-refractivity contribution in [1.82, 2.24) is 9.55 Å². The van der Waals surface area contributed by atoms with Crippen LogP contribution < -0.4 is 20.7 Å². The van der Waals surface area contributed by atoms with Gasteiger partial charge in [-0.15, -0.1) is 0 Å². The number of hydrogen-bond acceptors (Lipinski definition) is 7. The Balaban J connectivity index is 1.72. The molecule has 2 aliphatic rings. The van der Waals surface area contributed by atoms with Crippen molar-refractivity contribution in [3.8, 4) is 17.1 Å². The van der Waals surface area contributed by atoms with Crippen LogP contribution in [0.5, 0.6) is 5.75 Å². The molecule has 0 spiro atoms. The van der Waals surface area contributed by atoms with Gasteiger partial charge >= 0.3 is 0 Å². The number of imidazole rings is 1. The summed E-state index contributed by atoms with van der Waals surface area (Å²) in [6.07, 6.45) is -1.88. The number of halogens is 2. The lowest BCUT2D eigenvalue weighted by Crippen LogP contribution is -2.34. The van der Waals surface area contributed by atoms with E-state index in [0.717, 1.165) is 0 Å². The van der Waals surface area contributed by atoms with Gasteiger partial charge in [0.2, 0.25) is 5.91 Å². The molecule has 1 saturated heterocycles. The summed E-state index contributed by atoms with van der Waals surface area (Å²) < 4.78 is 40.4. The van der Waals surface area contributed by atoms with Gasteiger partial charge in [-0.2, -0.15) is 0 Å². The predicted molar refractivity (Wildman–Crippen MR) is 112 cm³/mol. The highest BCUT2D eigenvalue weighted by molar-refractivity contribution is 5.83. The van der Waals surface area contributed by atoms with E-state index in [1.807, 2.05) is 0 Å². The van der Waals surface area contributed by atoms with Gasteiger partial charge in [0.05, 0.1) is 18.2 Å². The summed E-state index contributed by atoms with van der Waals surface area (Å²) in [5, 5.41) is 3.00. The molecule has 0 unspecified atom stereocenters. The van der Waals surface area contributed by atoms with Crippen LogP contribution in [0.4, 0.5) is 20.3 Å². The smallest absolute Gasteiger partial charge is 0.259 e. The van der Waals surface area contributed by atoms with Crippen molar-refractivity contribution in [2.75, 3.05) is 23.9 Å². The number of amides is 1. The molecule has 3 N–H and O–H groups in total. The molecule has 0 bridgehead atoms. The third-order valence-corrected chi connectivity index (χ3v) is 5.66. The van der Waals surface area contributed by atoms with Crippen LogP contribution in [0, 0.1) is 0 Å². The van der Waals surface area contributed by atoms with Gasteiger partial charge in [-0.1, -0.05) is 0 Å². The van der Waals surface area contributed by atoms with Gasteiger partial charge in [-0.3, -0.25) is 4.79 Å². The van der Waals surface area contributed by atoms with E-state index in [4.69, 9.17) is 15.2 Å². The number of benzene rings is 1. The molecule has 0 saturated carbocycles. The molecule has 0 aliphatic carbocycles. The number of hydrogen-bond donors (Lipinski definition) is 2. The maximum Gasteiger partial charge on any atom is 0.259 e. The van der Waals surface area contributed by atoms with Gasteiger partial charge in [-0.25, -0.2) is 18.6 Å². The van der Waals surface area contributed by atoms with E-state index in [2.05, 4.69) is 10.3 Å². The molecule has 2 aliphatic heterocycles. The summed E-state index contributed by atoms with van der Waals surface area (Å²) in [6, 6.07) is 3.43. The fourth-order valence-corrected chi connectivity index (χ4v) is 4.00. The summed E-state index contributed by atoms with van der Waals surface area (Å²) in [7, 11) is 1.37.